The zero-order valence-corrected chi connectivity index (χ0v) is 17.6. The van der Waals surface area contributed by atoms with E-state index in [9.17, 15) is 14.4 Å². The van der Waals surface area contributed by atoms with Gasteiger partial charge in [0.05, 0.1) is 22.0 Å². The van der Waals surface area contributed by atoms with Crippen LogP contribution in [0.15, 0.2) is 40.0 Å². The third kappa shape index (κ3) is 4.21. The van der Waals surface area contributed by atoms with Gasteiger partial charge < -0.3 is 9.67 Å². The Morgan fingerprint density at radius 3 is 2.82 bits per heavy atom. The second-order valence-electron chi connectivity index (χ2n) is 6.58. The highest BCUT2D eigenvalue weighted by atomic mass is 79.9. The van der Waals surface area contributed by atoms with Crippen molar-refractivity contribution in [2.24, 2.45) is 0 Å². The number of pyridine rings is 1. The Morgan fingerprint density at radius 1 is 1.43 bits per heavy atom. The van der Waals surface area contributed by atoms with Crippen molar-refractivity contribution in [2.75, 3.05) is 0 Å². The van der Waals surface area contributed by atoms with Gasteiger partial charge in [0.25, 0.3) is 0 Å². The van der Waals surface area contributed by atoms with Gasteiger partial charge in [-0.1, -0.05) is 12.1 Å². The van der Waals surface area contributed by atoms with Gasteiger partial charge >= 0.3 is 5.97 Å². The molecule has 0 aliphatic carbocycles. The molecule has 0 aliphatic rings. The van der Waals surface area contributed by atoms with Crippen LogP contribution in [0.25, 0.3) is 11.0 Å². The minimum Gasteiger partial charge on any atom is -0.481 e. The molecule has 1 N–H and O–H groups in total. The van der Waals surface area contributed by atoms with Crippen LogP contribution in [0.5, 0.6) is 0 Å². The summed E-state index contributed by atoms with van der Waals surface area (Å²) in [7, 11) is 0. The predicted octanol–water partition coefficient (Wildman–Crippen LogP) is 5.31. The topological polar surface area (TPSA) is 78.9 Å². The first kappa shape index (κ1) is 20.4. The second kappa shape index (κ2) is 8.33. The van der Waals surface area contributed by atoms with Gasteiger partial charge in [-0.05, 0) is 53.0 Å². The molecule has 0 amide bonds. The Kier molecular flexibility index (Phi) is 6.06. The van der Waals surface area contributed by atoms with Crippen molar-refractivity contribution in [1.82, 2.24) is 9.55 Å². The zero-order chi connectivity index (χ0) is 20.4. The smallest absolute Gasteiger partial charge is 0.307 e. The number of nitrogens with zero attached hydrogens (tertiary/aromatic N) is 3. The average Bonchev–Trinajstić information content (AvgIpc) is 2.97. The molecular weight excluding hydrogens is 445 g/mol. The van der Waals surface area contributed by atoms with Gasteiger partial charge in [0.15, 0.2) is 0 Å². The molecule has 2 heterocycles. The first-order valence-corrected chi connectivity index (χ1v) is 10.3. The molecule has 0 saturated heterocycles. The first-order chi connectivity index (χ1) is 13.3. The van der Waals surface area contributed by atoms with Crippen molar-refractivity contribution in [3.8, 4) is 6.07 Å². The van der Waals surface area contributed by atoms with E-state index in [-0.39, 0.29) is 18.0 Å². The third-order valence-electron chi connectivity index (χ3n) is 4.23. The average molecular weight is 462 g/mol. The minimum absolute atomic E-state index is 0.145. The number of halogens is 2. The van der Waals surface area contributed by atoms with Gasteiger partial charge in [-0.2, -0.15) is 5.26 Å². The monoisotopic (exact) mass is 461 g/mol. The zero-order valence-electron chi connectivity index (χ0n) is 15.2. The number of carboxylic acid groups (broad SMARTS) is 1. The van der Waals surface area contributed by atoms with Crippen LogP contribution in [-0.2, 0) is 17.0 Å². The lowest BCUT2D eigenvalue weighted by Crippen LogP contribution is -2.03. The summed E-state index contributed by atoms with van der Waals surface area (Å²) in [5.74, 6) is -1.17. The molecule has 28 heavy (non-hydrogen) atoms. The van der Waals surface area contributed by atoms with Gasteiger partial charge in [-0.25, -0.2) is 9.37 Å². The molecule has 0 atom stereocenters. The number of thioether (sulfide) groups is 1. The number of carboxylic acids is 1. The van der Waals surface area contributed by atoms with Crippen LogP contribution >= 0.6 is 27.7 Å². The van der Waals surface area contributed by atoms with Crippen LogP contribution < -0.4 is 0 Å². The standard InChI is InChI=1S/C20H17BrFN3O2S/c1-11(2)25-9-15(21)19-17(25)6-14(8-23)20(24-19)28-10-12-3-4-16(22)13(5-12)7-18(26)27/h3-6,9,11H,7,10H2,1-2H3,(H,26,27). The summed E-state index contributed by atoms with van der Waals surface area (Å²) in [5.41, 5.74) is 3.05. The maximum atomic E-state index is 13.8. The quantitative estimate of drug-likeness (QED) is 0.503. The predicted molar refractivity (Wildman–Crippen MR) is 110 cm³/mol. The van der Waals surface area contributed by atoms with Crippen LogP contribution in [0, 0.1) is 17.1 Å². The number of nitriles is 1. The second-order valence-corrected chi connectivity index (χ2v) is 8.40. The fraction of sp³-hybridized carbons (Fsp3) is 0.250. The number of hydrogen-bond acceptors (Lipinski definition) is 4. The maximum absolute atomic E-state index is 13.8. The van der Waals surface area contributed by atoms with Gasteiger partial charge in [0.2, 0.25) is 0 Å². The fourth-order valence-electron chi connectivity index (χ4n) is 2.90. The lowest BCUT2D eigenvalue weighted by molar-refractivity contribution is -0.136. The molecular formula is C20H17BrFN3O2S. The Labute approximate surface area is 174 Å². The number of aliphatic carboxylic acids is 1. The van der Waals surface area contributed by atoms with E-state index in [4.69, 9.17) is 5.11 Å². The van der Waals surface area contributed by atoms with Crippen LogP contribution in [0.4, 0.5) is 4.39 Å². The third-order valence-corrected chi connectivity index (χ3v) is 5.87. The van der Waals surface area contributed by atoms with E-state index in [2.05, 4.69) is 45.4 Å². The summed E-state index contributed by atoms with van der Waals surface area (Å²) in [6.07, 6.45) is 1.59. The first-order valence-electron chi connectivity index (χ1n) is 8.53. The number of fused-ring (bicyclic) bond motifs is 1. The molecule has 8 heteroatoms. The summed E-state index contributed by atoms with van der Waals surface area (Å²) in [6.45, 7) is 4.12. The SMILES string of the molecule is CC(C)n1cc(Br)c2nc(SCc3ccc(F)c(CC(=O)O)c3)c(C#N)cc21. The van der Waals surface area contributed by atoms with Crippen molar-refractivity contribution in [1.29, 1.82) is 5.26 Å². The Balaban J connectivity index is 1.92. The highest BCUT2D eigenvalue weighted by Gasteiger charge is 2.16. The lowest BCUT2D eigenvalue weighted by atomic mass is 10.1. The van der Waals surface area contributed by atoms with E-state index in [1.165, 1.54) is 17.8 Å². The Hall–Kier alpha value is -2.37. The van der Waals surface area contributed by atoms with Crippen molar-refractivity contribution in [2.45, 2.75) is 37.1 Å². The van der Waals surface area contributed by atoms with E-state index in [1.807, 2.05) is 12.3 Å². The van der Waals surface area contributed by atoms with Crippen LogP contribution in [0.2, 0.25) is 0 Å². The fourth-order valence-corrected chi connectivity index (χ4v) is 4.31. The molecule has 0 aliphatic heterocycles. The molecule has 144 valence electrons. The van der Waals surface area contributed by atoms with Crippen LogP contribution in [0.3, 0.4) is 0 Å². The summed E-state index contributed by atoms with van der Waals surface area (Å²) in [4.78, 5) is 15.5. The number of benzene rings is 1. The van der Waals surface area contributed by atoms with E-state index < -0.39 is 11.8 Å². The highest BCUT2D eigenvalue weighted by molar-refractivity contribution is 9.10. The maximum Gasteiger partial charge on any atom is 0.307 e. The van der Waals surface area contributed by atoms with Gasteiger partial charge in [-0.3, -0.25) is 4.79 Å². The minimum atomic E-state index is -1.08. The Morgan fingerprint density at radius 2 is 2.18 bits per heavy atom. The van der Waals surface area contributed by atoms with E-state index >= 15 is 0 Å². The molecule has 0 radical (unpaired) electrons. The molecule has 0 saturated carbocycles. The highest BCUT2D eigenvalue weighted by Crippen LogP contribution is 2.33. The number of rotatable bonds is 6. The number of hydrogen-bond donors (Lipinski definition) is 1. The number of aromatic nitrogens is 2. The normalized spacial score (nSPS) is 11.1. The van der Waals surface area contributed by atoms with E-state index in [1.54, 1.807) is 12.1 Å². The van der Waals surface area contributed by atoms with Crippen LogP contribution in [0.1, 0.15) is 36.6 Å². The van der Waals surface area contributed by atoms with Crippen molar-refractivity contribution >= 4 is 44.7 Å². The molecule has 0 spiro atoms. The summed E-state index contributed by atoms with van der Waals surface area (Å²) in [5, 5.41) is 19.0. The summed E-state index contributed by atoms with van der Waals surface area (Å²) < 4.78 is 16.7. The molecule has 0 bridgehead atoms. The van der Waals surface area contributed by atoms with Gasteiger partial charge in [0.1, 0.15) is 22.4 Å². The van der Waals surface area contributed by atoms with E-state index in [0.717, 1.165) is 21.1 Å². The molecule has 0 fully saturated rings. The van der Waals surface area contributed by atoms with Crippen molar-refractivity contribution in [3.05, 3.63) is 57.4 Å². The van der Waals surface area contributed by atoms with Crippen molar-refractivity contribution < 1.29 is 14.3 Å². The molecule has 0 unspecified atom stereocenters. The van der Waals surface area contributed by atoms with E-state index in [0.29, 0.717) is 16.3 Å². The van der Waals surface area contributed by atoms with Crippen molar-refractivity contribution in [3.63, 3.8) is 0 Å². The Bertz CT molecular complexity index is 1110. The van der Waals surface area contributed by atoms with Gasteiger partial charge in [0, 0.05) is 18.0 Å². The molecule has 1 aromatic carbocycles. The van der Waals surface area contributed by atoms with Gasteiger partial charge in [-0.15, -0.1) is 11.8 Å². The largest absolute Gasteiger partial charge is 0.481 e. The van der Waals surface area contributed by atoms with Crippen LogP contribution in [-0.4, -0.2) is 20.6 Å². The molecule has 5 nitrogen and oxygen atoms in total. The lowest BCUT2D eigenvalue weighted by Gasteiger charge is -2.10. The molecule has 2 aromatic heterocycles. The molecule has 3 aromatic rings. The number of carbonyl (C=O) groups is 1. The summed E-state index contributed by atoms with van der Waals surface area (Å²) >= 11 is 4.90. The molecule has 3 rings (SSSR count). The summed E-state index contributed by atoms with van der Waals surface area (Å²) in [6, 6.07) is 8.69.